The fourth-order valence-corrected chi connectivity index (χ4v) is 7.87. The SMILES string of the molecule is CCCCC(CC)CN1C(N)N(c2ccc(-c3nc4cc(C(C)(C)CC)ccc4o3)cc2)C(N)N(c2ccc(-c3nc4cc(C(C)(C)CC)ccc4o3)cc2)C1N. The summed E-state index contributed by atoms with van der Waals surface area (Å²) in [5.74, 6) is 1.59. The van der Waals surface area contributed by atoms with Crippen LogP contribution in [0.4, 0.5) is 11.4 Å². The first kappa shape index (κ1) is 40.5. The number of aromatic nitrogens is 2. The van der Waals surface area contributed by atoms with Crippen LogP contribution in [0.1, 0.15) is 105 Å². The molecule has 6 N–H and O–H groups in total. The molecule has 0 aliphatic carbocycles. The maximum atomic E-state index is 7.20. The van der Waals surface area contributed by atoms with Gasteiger partial charge in [0.05, 0.1) is 0 Å². The van der Waals surface area contributed by atoms with Gasteiger partial charge < -0.3 is 18.6 Å². The van der Waals surface area contributed by atoms with Crippen molar-refractivity contribution >= 4 is 33.6 Å². The summed E-state index contributed by atoms with van der Waals surface area (Å²) in [7, 11) is 0. The Bertz CT molecular complexity index is 2120. The van der Waals surface area contributed by atoms with E-state index < -0.39 is 18.9 Å². The molecule has 3 unspecified atom stereocenters. The number of rotatable bonds is 14. The topological polar surface area (TPSA) is 140 Å². The van der Waals surface area contributed by atoms with Crippen LogP contribution in [0.15, 0.2) is 93.8 Å². The summed E-state index contributed by atoms with van der Waals surface area (Å²) < 4.78 is 12.5. The minimum atomic E-state index is -0.659. The summed E-state index contributed by atoms with van der Waals surface area (Å²) in [6, 6.07) is 28.9. The molecule has 4 aromatic carbocycles. The fourth-order valence-electron chi connectivity index (χ4n) is 7.87. The number of hydrogen-bond donors (Lipinski definition) is 3. The molecular weight excluding hydrogens is 709 g/mol. The summed E-state index contributed by atoms with van der Waals surface area (Å²) in [6.45, 7) is 18.7. The lowest BCUT2D eigenvalue weighted by Crippen LogP contribution is -2.79. The minimum Gasteiger partial charge on any atom is -0.436 e. The Morgan fingerprint density at radius 3 is 1.44 bits per heavy atom. The smallest absolute Gasteiger partial charge is 0.227 e. The maximum absolute atomic E-state index is 7.20. The zero-order valence-corrected chi connectivity index (χ0v) is 35.1. The third-order valence-electron chi connectivity index (χ3n) is 12.8. The molecule has 10 heteroatoms. The molecule has 1 saturated heterocycles. The van der Waals surface area contributed by atoms with Crippen molar-refractivity contribution in [3.63, 3.8) is 0 Å². The van der Waals surface area contributed by atoms with Crippen LogP contribution in [0.2, 0.25) is 0 Å². The van der Waals surface area contributed by atoms with Crippen LogP contribution < -0.4 is 27.0 Å². The molecule has 57 heavy (non-hydrogen) atoms. The van der Waals surface area contributed by atoms with Gasteiger partial charge in [0.15, 0.2) is 17.5 Å². The molecule has 1 fully saturated rings. The number of unbranched alkanes of at least 4 members (excludes halogenated alkanes) is 1. The highest BCUT2D eigenvalue weighted by atomic mass is 16.4. The van der Waals surface area contributed by atoms with Crippen LogP contribution >= 0.6 is 0 Å². The summed E-state index contributed by atoms with van der Waals surface area (Å²) in [6.07, 6.45) is 4.75. The fraction of sp³-hybridized carbons (Fsp3) is 0.447. The monoisotopic (exact) mass is 770 g/mol. The van der Waals surface area contributed by atoms with Crippen molar-refractivity contribution in [1.82, 2.24) is 14.9 Å². The highest BCUT2D eigenvalue weighted by Crippen LogP contribution is 2.36. The average molecular weight is 771 g/mol. The summed E-state index contributed by atoms with van der Waals surface area (Å²) in [4.78, 5) is 16.1. The van der Waals surface area contributed by atoms with Gasteiger partial charge in [0, 0.05) is 29.0 Å². The van der Waals surface area contributed by atoms with E-state index in [0.717, 1.165) is 89.8 Å². The van der Waals surface area contributed by atoms with E-state index >= 15 is 0 Å². The van der Waals surface area contributed by atoms with Gasteiger partial charge in [0.2, 0.25) is 11.8 Å². The molecule has 2 aromatic heterocycles. The molecule has 1 aliphatic heterocycles. The van der Waals surface area contributed by atoms with Crippen molar-refractivity contribution in [2.45, 2.75) is 124 Å². The molecule has 0 saturated carbocycles. The van der Waals surface area contributed by atoms with Crippen LogP contribution in [-0.2, 0) is 10.8 Å². The van der Waals surface area contributed by atoms with Gasteiger partial charge in [-0.25, -0.2) is 14.9 Å². The Balaban J connectivity index is 1.19. The first-order chi connectivity index (χ1) is 27.3. The average Bonchev–Trinajstić information content (AvgIpc) is 3.85. The van der Waals surface area contributed by atoms with E-state index in [1.165, 1.54) is 11.1 Å². The van der Waals surface area contributed by atoms with Crippen molar-refractivity contribution in [2.75, 3.05) is 16.3 Å². The van der Waals surface area contributed by atoms with Crippen molar-refractivity contribution < 1.29 is 8.83 Å². The third-order valence-corrected chi connectivity index (χ3v) is 12.8. The van der Waals surface area contributed by atoms with E-state index in [1.54, 1.807) is 0 Å². The number of anilines is 2. The van der Waals surface area contributed by atoms with E-state index in [9.17, 15) is 0 Å². The standard InChI is InChI=1S/C47H62N8O2/c1-9-13-14-30(10-2)29-53-43(48)54(35-21-15-31(16-22-35)41-51-37-27-33(46(5,6)11-3)19-25-39(37)56-41)45(50)55(44(53)49)36-23-17-32(18-24-36)42-52-38-28-34(47(7,8)12-4)20-26-40(38)57-42/h15-28,30,43-45H,9-14,29,48-50H2,1-8H3. The summed E-state index contributed by atoms with van der Waals surface area (Å²) >= 11 is 0. The Morgan fingerprint density at radius 2 is 1.05 bits per heavy atom. The largest absolute Gasteiger partial charge is 0.436 e. The molecule has 6 aromatic rings. The number of nitrogens with zero attached hydrogens (tertiary/aromatic N) is 5. The second-order valence-electron chi connectivity index (χ2n) is 17.1. The highest BCUT2D eigenvalue weighted by molar-refractivity contribution is 5.79. The molecule has 1 aliphatic rings. The van der Waals surface area contributed by atoms with Crippen LogP contribution in [-0.4, -0.2) is 40.3 Å². The van der Waals surface area contributed by atoms with Crippen molar-refractivity contribution in [2.24, 2.45) is 23.1 Å². The minimum absolute atomic E-state index is 0.0581. The van der Waals surface area contributed by atoms with Crippen LogP contribution in [0, 0.1) is 5.92 Å². The van der Waals surface area contributed by atoms with Gasteiger partial charge >= 0.3 is 0 Å². The quantitative estimate of drug-likeness (QED) is 0.0980. The van der Waals surface area contributed by atoms with E-state index in [0.29, 0.717) is 17.7 Å². The number of benzene rings is 4. The van der Waals surface area contributed by atoms with Gasteiger partial charge in [-0.05, 0) is 120 Å². The first-order valence-corrected chi connectivity index (χ1v) is 20.9. The van der Waals surface area contributed by atoms with Gasteiger partial charge in [-0.3, -0.25) is 17.2 Å². The molecule has 3 atom stereocenters. The number of oxazole rings is 2. The molecule has 0 bridgehead atoms. The number of nitrogens with two attached hydrogens (primary N) is 3. The normalized spacial score (nSPS) is 18.9. The molecule has 3 heterocycles. The Morgan fingerprint density at radius 1 is 0.614 bits per heavy atom. The number of fused-ring (bicyclic) bond motifs is 2. The molecule has 302 valence electrons. The lowest BCUT2D eigenvalue weighted by molar-refractivity contribution is 0.0631. The Hall–Kier alpha value is -4.74. The zero-order valence-electron chi connectivity index (χ0n) is 35.1. The molecule has 10 nitrogen and oxygen atoms in total. The predicted molar refractivity (Wildman–Crippen MR) is 234 cm³/mol. The third kappa shape index (κ3) is 7.93. The second-order valence-corrected chi connectivity index (χ2v) is 17.1. The number of hydrogen-bond acceptors (Lipinski definition) is 10. The lowest BCUT2D eigenvalue weighted by atomic mass is 9.82. The van der Waals surface area contributed by atoms with Crippen molar-refractivity contribution in [1.29, 1.82) is 0 Å². The van der Waals surface area contributed by atoms with Crippen LogP contribution in [0.5, 0.6) is 0 Å². The molecular formula is C47H62N8O2. The first-order valence-electron chi connectivity index (χ1n) is 20.9. The van der Waals surface area contributed by atoms with E-state index in [-0.39, 0.29) is 10.8 Å². The molecule has 0 amide bonds. The Kier molecular flexibility index (Phi) is 11.5. The highest BCUT2D eigenvalue weighted by Gasteiger charge is 2.43. The van der Waals surface area contributed by atoms with Crippen LogP contribution in [0.3, 0.4) is 0 Å². The Labute approximate surface area is 338 Å². The van der Waals surface area contributed by atoms with Crippen molar-refractivity contribution in [3.05, 3.63) is 96.1 Å². The zero-order chi connectivity index (χ0) is 40.6. The van der Waals surface area contributed by atoms with E-state index in [1.807, 2.05) is 60.7 Å². The predicted octanol–water partition coefficient (Wildman–Crippen LogP) is 10.3. The van der Waals surface area contributed by atoms with Gasteiger partial charge in [0.1, 0.15) is 23.6 Å². The second kappa shape index (κ2) is 16.3. The molecule has 0 spiro atoms. The van der Waals surface area contributed by atoms with Gasteiger partial charge in [-0.1, -0.05) is 86.8 Å². The van der Waals surface area contributed by atoms with E-state index in [4.69, 9.17) is 36.0 Å². The lowest BCUT2D eigenvalue weighted by Gasteiger charge is -2.56. The molecule has 0 radical (unpaired) electrons. The van der Waals surface area contributed by atoms with E-state index in [2.05, 4.69) is 94.4 Å². The van der Waals surface area contributed by atoms with Crippen LogP contribution in [0.25, 0.3) is 45.1 Å². The molecule has 7 rings (SSSR count). The summed E-state index contributed by atoms with van der Waals surface area (Å²) in [5.41, 5.74) is 30.9. The summed E-state index contributed by atoms with van der Waals surface area (Å²) in [5, 5.41) is 0. The van der Waals surface area contributed by atoms with Gasteiger partial charge in [-0.15, -0.1) is 0 Å². The maximum Gasteiger partial charge on any atom is 0.227 e. The van der Waals surface area contributed by atoms with Crippen molar-refractivity contribution in [3.8, 4) is 22.9 Å². The van der Waals surface area contributed by atoms with Gasteiger partial charge in [-0.2, -0.15) is 0 Å². The van der Waals surface area contributed by atoms with Gasteiger partial charge in [0.25, 0.3) is 0 Å².